The van der Waals surface area contributed by atoms with Crippen molar-refractivity contribution >= 4 is 21.8 Å². The third-order valence-electron chi connectivity index (χ3n) is 2.30. The molecule has 0 aromatic carbocycles. The maximum atomic E-state index is 12.1. The van der Waals surface area contributed by atoms with Crippen LogP contribution in [0.4, 0.5) is 0 Å². The third kappa shape index (κ3) is 2.06. The summed E-state index contributed by atoms with van der Waals surface area (Å²) >= 11 is 0. The van der Waals surface area contributed by atoms with E-state index in [1.54, 1.807) is 0 Å². The first-order valence-electron chi connectivity index (χ1n) is 4.72. The Morgan fingerprint density at radius 3 is 2.35 bits per heavy atom. The van der Waals surface area contributed by atoms with Crippen LogP contribution in [0.25, 0.3) is 0 Å². The normalized spacial score (nSPS) is 18.2. The van der Waals surface area contributed by atoms with Crippen molar-refractivity contribution in [2.24, 2.45) is 7.05 Å². The van der Waals surface area contributed by atoms with E-state index in [4.69, 9.17) is 0 Å². The number of aromatic nitrogens is 2. The van der Waals surface area contributed by atoms with Gasteiger partial charge in [-0.1, -0.05) is 0 Å². The van der Waals surface area contributed by atoms with Crippen LogP contribution in [0.15, 0.2) is 17.3 Å². The van der Waals surface area contributed by atoms with Crippen molar-refractivity contribution in [1.82, 2.24) is 19.4 Å². The fourth-order valence-electron chi connectivity index (χ4n) is 1.53. The quantitative estimate of drug-likeness (QED) is 0.622. The second-order valence-corrected chi connectivity index (χ2v) is 5.42. The van der Waals surface area contributed by atoms with Crippen molar-refractivity contribution in [3.63, 3.8) is 0 Å². The topological polar surface area (TPSA) is 101 Å². The number of hydrogen-bond donors (Lipinski definition) is 1. The van der Waals surface area contributed by atoms with Gasteiger partial charge in [-0.05, 0) is 6.07 Å². The first-order valence-corrected chi connectivity index (χ1v) is 6.16. The highest BCUT2D eigenvalue weighted by molar-refractivity contribution is 7.89. The van der Waals surface area contributed by atoms with E-state index in [2.05, 4.69) is 5.10 Å². The van der Waals surface area contributed by atoms with E-state index in [9.17, 15) is 18.0 Å². The molecule has 0 spiro atoms. The van der Waals surface area contributed by atoms with E-state index in [-0.39, 0.29) is 18.1 Å². The number of nitrogens with zero attached hydrogens (tertiary/aromatic N) is 3. The molecule has 9 heteroatoms. The Hall–Kier alpha value is -1.74. The molecule has 1 fully saturated rings. The number of aryl methyl sites for hydroxylation is 1. The average Bonchev–Trinajstić information content (AvgIpc) is 2.63. The monoisotopic (exact) mass is 258 g/mol. The van der Waals surface area contributed by atoms with Crippen LogP contribution in [0.5, 0.6) is 0 Å². The lowest BCUT2D eigenvalue weighted by atomic mass is 10.4. The van der Waals surface area contributed by atoms with Gasteiger partial charge in [0.2, 0.25) is 11.8 Å². The van der Waals surface area contributed by atoms with Crippen LogP contribution in [0.3, 0.4) is 0 Å². The number of imide groups is 1. The van der Waals surface area contributed by atoms with Crippen LogP contribution in [0, 0.1) is 0 Å². The molecule has 0 bridgehead atoms. The van der Waals surface area contributed by atoms with E-state index >= 15 is 0 Å². The lowest BCUT2D eigenvalue weighted by Gasteiger charge is -2.24. The molecule has 2 rings (SSSR count). The minimum Gasteiger partial charge on any atom is -0.294 e. The Morgan fingerprint density at radius 2 is 1.88 bits per heavy atom. The van der Waals surface area contributed by atoms with Gasteiger partial charge in [0.1, 0.15) is 0 Å². The number of carbonyl (C=O) groups is 2. The van der Waals surface area contributed by atoms with Gasteiger partial charge in [0.25, 0.3) is 10.0 Å². The minimum atomic E-state index is -3.86. The molecule has 0 radical (unpaired) electrons. The lowest BCUT2D eigenvalue weighted by Crippen LogP contribution is -2.53. The highest BCUT2D eigenvalue weighted by Crippen LogP contribution is 2.14. The van der Waals surface area contributed by atoms with Gasteiger partial charge >= 0.3 is 0 Å². The summed E-state index contributed by atoms with van der Waals surface area (Å²) in [6, 6.07) is 1.31. The lowest BCUT2D eigenvalue weighted by molar-refractivity contribution is -0.134. The van der Waals surface area contributed by atoms with Gasteiger partial charge in [0.15, 0.2) is 5.03 Å². The van der Waals surface area contributed by atoms with E-state index in [1.165, 1.54) is 24.0 Å². The van der Waals surface area contributed by atoms with Crippen molar-refractivity contribution in [2.75, 3.05) is 13.1 Å². The smallest absolute Gasteiger partial charge is 0.261 e. The van der Waals surface area contributed by atoms with Gasteiger partial charge in [0.05, 0.1) is 19.3 Å². The highest BCUT2D eigenvalue weighted by atomic mass is 32.2. The van der Waals surface area contributed by atoms with Gasteiger partial charge in [-0.2, -0.15) is 9.40 Å². The van der Waals surface area contributed by atoms with E-state index in [0.717, 1.165) is 4.31 Å². The fraction of sp³-hybridized carbons (Fsp3) is 0.375. The van der Waals surface area contributed by atoms with Gasteiger partial charge in [-0.15, -0.1) is 0 Å². The first-order chi connectivity index (χ1) is 7.91. The zero-order chi connectivity index (χ0) is 12.6. The van der Waals surface area contributed by atoms with Gasteiger partial charge < -0.3 is 0 Å². The Kier molecular flexibility index (Phi) is 2.71. The van der Waals surface area contributed by atoms with Gasteiger partial charge in [0, 0.05) is 7.05 Å². The third-order valence-corrected chi connectivity index (χ3v) is 4.17. The summed E-state index contributed by atoms with van der Waals surface area (Å²) in [7, 11) is -2.39. The molecule has 8 nitrogen and oxygen atoms in total. The van der Waals surface area contributed by atoms with Gasteiger partial charge in [-0.3, -0.25) is 19.6 Å². The Bertz CT molecular complexity index is 560. The van der Waals surface area contributed by atoms with Crippen molar-refractivity contribution < 1.29 is 18.0 Å². The van der Waals surface area contributed by atoms with Crippen LogP contribution in [0.1, 0.15) is 0 Å². The molecule has 1 aliphatic heterocycles. The molecule has 0 aliphatic carbocycles. The summed E-state index contributed by atoms with van der Waals surface area (Å²) in [6.45, 7) is -0.724. The summed E-state index contributed by atoms with van der Waals surface area (Å²) < 4.78 is 26.2. The zero-order valence-electron chi connectivity index (χ0n) is 8.95. The van der Waals surface area contributed by atoms with Crippen molar-refractivity contribution in [2.45, 2.75) is 5.03 Å². The largest absolute Gasteiger partial charge is 0.294 e. The number of amides is 2. The van der Waals surface area contributed by atoms with E-state index < -0.39 is 21.8 Å². The number of sulfonamides is 1. The van der Waals surface area contributed by atoms with Crippen LogP contribution in [-0.2, 0) is 26.7 Å². The second kappa shape index (κ2) is 3.93. The van der Waals surface area contributed by atoms with Crippen LogP contribution < -0.4 is 5.32 Å². The molecule has 17 heavy (non-hydrogen) atoms. The summed E-state index contributed by atoms with van der Waals surface area (Å²) in [4.78, 5) is 22.2. The molecule has 0 saturated carbocycles. The molecule has 92 valence electrons. The highest BCUT2D eigenvalue weighted by Gasteiger charge is 2.34. The molecular weight excluding hydrogens is 248 g/mol. The van der Waals surface area contributed by atoms with E-state index in [0.29, 0.717) is 0 Å². The molecule has 0 unspecified atom stereocenters. The SMILES string of the molecule is Cn1nccc1S(=O)(=O)N1CC(=O)NC(=O)C1. The van der Waals surface area contributed by atoms with Crippen molar-refractivity contribution in [3.05, 3.63) is 12.3 Å². The number of rotatable bonds is 2. The van der Waals surface area contributed by atoms with Crippen LogP contribution in [0.2, 0.25) is 0 Å². The molecule has 1 saturated heterocycles. The van der Waals surface area contributed by atoms with Crippen molar-refractivity contribution in [3.8, 4) is 0 Å². The fourth-order valence-corrected chi connectivity index (χ4v) is 2.98. The predicted octanol–water partition coefficient (Wildman–Crippen LogP) is -1.93. The molecule has 1 aromatic heterocycles. The van der Waals surface area contributed by atoms with Crippen LogP contribution in [-0.4, -0.2) is 47.4 Å². The number of carbonyl (C=O) groups excluding carboxylic acids is 2. The maximum absolute atomic E-state index is 12.1. The molecular formula is C8H10N4O4S. The van der Waals surface area contributed by atoms with E-state index in [1.807, 2.05) is 5.32 Å². The molecule has 2 amide bonds. The summed E-state index contributed by atoms with van der Waals surface area (Å²) in [5.74, 6) is -1.26. The van der Waals surface area contributed by atoms with Crippen LogP contribution >= 0.6 is 0 Å². The maximum Gasteiger partial charge on any atom is 0.261 e. The first kappa shape index (κ1) is 11.7. The Balaban J connectivity index is 2.37. The minimum absolute atomic E-state index is 0.0556. The number of nitrogens with one attached hydrogen (secondary N) is 1. The average molecular weight is 258 g/mol. The molecule has 2 heterocycles. The summed E-state index contributed by atoms with van der Waals surface area (Å²) in [5.41, 5.74) is 0. The zero-order valence-corrected chi connectivity index (χ0v) is 9.77. The summed E-state index contributed by atoms with van der Waals surface area (Å²) in [6.07, 6.45) is 1.33. The molecule has 1 aromatic rings. The predicted molar refractivity (Wildman–Crippen MR) is 55.1 cm³/mol. The number of piperazine rings is 1. The molecule has 1 aliphatic rings. The standard InChI is InChI=1S/C8H10N4O4S/c1-11-8(2-3-9-11)17(15,16)12-4-6(13)10-7(14)5-12/h2-3H,4-5H2,1H3,(H,10,13,14). The second-order valence-electron chi connectivity index (χ2n) is 3.54. The van der Waals surface area contributed by atoms with Gasteiger partial charge in [-0.25, -0.2) is 8.42 Å². The molecule has 1 N–H and O–H groups in total. The van der Waals surface area contributed by atoms with Crippen molar-refractivity contribution in [1.29, 1.82) is 0 Å². The summed E-state index contributed by atoms with van der Waals surface area (Å²) in [5, 5.41) is 5.72. The Labute approximate surface area is 97.3 Å². The molecule has 0 atom stereocenters. The Morgan fingerprint density at radius 1 is 1.29 bits per heavy atom. The number of hydrogen-bond acceptors (Lipinski definition) is 5.